The highest BCUT2D eigenvalue weighted by Gasteiger charge is 2.46. The van der Waals surface area contributed by atoms with E-state index in [9.17, 15) is 0 Å². The fourth-order valence-electron chi connectivity index (χ4n) is 10.2. The zero-order valence-corrected chi connectivity index (χ0v) is 33.7. The lowest BCUT2D eigenvalue weighted by Crippen LogP contribution is -2.28. The summed E-state index contributed by atoms with van der Waals surface area (Å²) in [6, 6.07) is 80.8. The number of rotatable bonds is 5. The van der Waals surface area contributed by atoms with E-state index in [2.05, 4.69) is 239 Å². The molecule has 0 saturated heterocycles. The Bertz CT molecular complexity index is 3390. The van der Waals surface area contributed by atoms with Crippen molar-refractivity contribution in [2.24, 2.45) is 0 Å². The third-order valence-corrected chi connectivity index (χ3v) is 13.2. The van der Waals surface area contributed by atoms with Crippen LogP contribution in [0.3, 0.4) is 0 Å². The van der Waals surface area contributed by atoms with E-state index in [4.69, 9.17) is 0 Å². The van der Waals surface area contributed by atoms with Gasteiger partial charge in [-0.25, -0.2) is 0 Å². The summed E-state index contributed by atoms with van der Waals surface area (Å²) in [5.41, 5.74) is 15.6. The van der Waals surface area contributed by atoms with Gasteiger partial charge >= 0.3 is 0 Å². The van der Waals surface area contributed by atoms with Gasteiger partial charge in [0.2, 0.25) is 0 Å². The third kappa shape index (κ3) is 5.03. The predicted molar refractivity (Wildman–Crippen MR) is 252 cm³/mol. The van der Waals surface area contributed by atoms with E-state index in [1.807, 2.05) is 0 Å². The Hall–Kier alpha value is -7.00. The van der Waals surface area contributed by atoms with Crippen molar-refractivity contribution in [3.63, 3.8) is 0 Å². The summed E-state index contributed by atoms with van der Waals surface area (Å²) in [5, 5.41) is 7.60. The molecular formula is C57H36BrN. The Morgan fingerprint density at radius 2 is 0.915 bits per heavy atom. The molecule has 0 amide bonds. The minimum absolute atomic E-state index is 0.453. The molecule has 12 rings (SSSR count). The Kier molecular flexibility index (Phi) is 7.67. The van der Waals surface area contributed by atoms with Crippen LogP contribution < -0.4 is 0 Å². The van der Waals surface area contributed by atoms with Crippen LogP contribution in [-0.2, 0) is 5.41 Å². The molecule has 1 nitrogen and oxygen atoms in total. The number of halogens is 1. The van der Waals surface area contributed by atoms with E-state index in [0.29, 0.717) is 0 Å². The van der Waals surface area contributed by atoms with Gasteiger partial charge < -0.3 is 4.57 Å². The molecule has 0 radical (unpaired) electrons. The first-order chi connectivity index (χ1) is 29.2. The molecule has 0 unspecified atom stereocenters. The summed E-state index contributed by atoms with van der Waals surface area (Å²) in [6.45, 7) is 0. The normalized spacial score (nSPS) is 13.0. The van der Waals surface area contributed by atoms with Crippen LogP contribution in [0.1, 0.15) is 22.3 Å². The van der Waals surface area contributed by atoms with Gasteiger partial charge in [0.05, 0.1) is 16.4 Å². The molecule has 59 heavy (non-hydrogen) atoms. The van der Waals surface area contributed by atoms with Crippen LogP contribution in [0.2, 0.25) is 0 Å². The minimum atomic E-state index is -0.453. The van der Waals surface area contributed by atoms with Gasteiger partial charge in [-0.05, 0) is 102 Å². The molecule has 0 N–H and O–H groups in total. The van der Waals surface area contributed by atoms with Crippen LogP contribution >= 0.6 is 15.9 Å². The van der Waals surface area contributed by atoms with Crippen molar-refractivity contribution in [3.05, 3.63) is 245 Å². The molecule has 276 valence electrons. The minimum Gasteiger partial charge on any atom is -0.309 e. The fraction of sp³-hybridized carbons (Fsp3) is 0.0175. The Balaban J connectivity index is 1.15. The fourth-order valence-corrected chi connectivity index (χ4v) is 10.6. The smallest absolute Gasteiger partial charge is 0.0713 e. The summed E-state index contributed by atoms with van der Waals surface area (Å²) in [4.78, 5) is 0. The topological polar surface area (TPSA) is 4.93 Å². The molecular weight excluding hydrogens is 779 g/mol. The van der Waals surface area contributed by atoms with Gasteiger partial charge in [0.15, 0.2) is 0 Å². The number of aromatic nitrogens is 1. The van der Waals surface area contributed by atoms with Gasteiger partial charge in [-0.15, -0.1) is 0 Å². The second-order valence-corrected chi connectivity index (χ2v) is 16.6. The van der Waals surface area contributed by atoms with Crippen LogP contribution in [0.4, 0.5) is 0 Å². The van der Waals surface area contributed by atoms with Crippen LogP contribution in [0, 0.1) is 0 Å². The molecule has 0 atom stereocenters. The molecule has 0 saturated carbocycles. The lowest BCUT2D eigenvalue weighted by molar-refractivity contribution is 0.768. The first-order valence-corrected chi connectivity index (χ1v) is 21.1. The van der Waals surface area contributed by atoms with Crippen molar-refractivity contribution in [2.75, 3.05) is 0 Å². The summed E-state index contributed by atoms with van der Waals surface area (Å²) in [6.07, 6.45) is 0. The maximum absolute atomic E-state index is 3.65. The third-order valence-electron chi connectivity index (χ3n) is 12.7. The van der Waals surface area contributed by atoms with Crippen molar-refractivity contribution in [1.82, 2.24) is 4.57 Å². The Morgan fingerprint density at radius 3 is 1.61 bits per heavy atom. The van der Waals surface area contributed by atoms with Gasteiger partial charge in [0, 0.05) is 26.3 Å². The quantitative estimate of drug-likeness (QED) is 0.153. The van der Waals surface area contributed by atoms with Crippen molar-refractivity contribution in [2.45, 2.75) is 5.41 Å². The zero-order chi connectivity index (χ0) is 39.1. The molecule has 2 heteroatoms. The van der Waals surface area contributed by atoms with Crippen LogP contribution in [-0.4, -0.2) is 4.57 Å². The Labute approximate surface area is 351 Å². The lowest BCUT2D eigenvalue weighted by Gasteiger charge is -2.33. The molecule has 0 spiro atoms. The highest BCUT2D eigenvalue weighted by molar-refractivity contribution is 9.10. The zero-order valence-electron chi connectivity index (χ0n) is 32.1. The standard InChI is InChI=1S/C57H36BrN/c58-43-19-13-14-39(34-43)37-26-28-38(29-27-37)40-30-32-50-54(35-40)59(56-49-24-10-8-21-46(49)45-20-7-9-23-48(45)55(50)56)44-31-33-53-51(36-44)47-22-11-12-25-52(47)57(53,41-15-3-1-4-16-41)42-17-5-2-6-18-42/h1-36H. The average Bonchev–Trinajstić information content (AvgIpc) is 3.81. The van der Waals surface area contributed by atoms with E-state index >= 15 is 0 Å². The lowest BCUT2D eigenvalue weighted by atomic mass is 9.68. The molecule has 11 aromatic rings. The first kappa shape index (κ1) is 34.1. The van der Waals surface area contributed by atoms with Crippen LogP contribution in [0.5, 0.6) is 0 Å². The number of nitrogens with zero attached hydrogens (tertiary/aromatic N) is 1. The number of hydrogen-bond donors (Lipinski definition) is 0. The summed E-state index contributed by atoms with van der Waals surface area (Å²) in [7, 11) is 0. The van der Waals surface area contributed by atoms with E-state index in [0.717, 1.165) is 10.2 Å². The SMILES string of the molecule is Brc1cccc(-c2ccc(-c3ccc4c5c6ccccc6c6ccccc6c5n(-c5ccc6c(c5)-c5ccccc5C6(c5ccccc5)c5ccccc5)c4c3)cc2)c1. The molecule has 1 heterocycles. The van der Waals surface area contributed by atoms with Crippen LogP contribution in [0.25, 0.3) is 82.4 Å². The molecule has 0 bridgehead atoms. The number of hydrogen-bond acceptors (Lipinski definition) is 0. The number of benzene rings is 10. The van der Waals surface area contributed by atoms with Crippen molar-refractivity contribution in [1.29, 1.82) is 0 Å². The van der Waals surface area contributed by atoms with Gasteiger partial charge in [0.1, 0.15) is 0 Å². The van der Waals surface area contributed by atoms with E-state index in [1.54, 1.807) is 0 Å². The summed E-state index contributed by atoms with van der Waals surface area (Å²) >= 11 is 3.65. The molecule has 1 aliphatic carbocycles. The molecule has 1 aliphatic rings. The number of fused-ring (bicyclic) bond motifs is 11. The van der Waals surface area contributed by atoms with Gasteiger partial charge in [-0.1, -0.05) is 204 Å². The molecule has 1 aromatic heterocycles. The summed E-state index contributed by atoms with van der Waals surface area (Å²) in [5.74, 6) is 0. The second kappa shape index (κ2) is 13.3. The highest BCUT2D eigenvalue weighted by Crippen LogP contribution is 2.57. The maximum atomic E-state index is 3.65. The second-order valence-electron chi connectivity index (χ2n) is 15.7. The highest BCUT2D eigenvalue weighted by atomic mass is 79.9. The Morgan fingerprint density at radius 1 is 0.356 bits per heavy atom. The van der Waals surface area contributed by atoms with Crippen molar-refractivity contribution >= 4 is 59.3 Å². The molecule has 0 aliphatic heterocycles. The van der Waals surface area contributed by atoms with E-state index in [1.165, 1.54) is 99.0 Å². The van der Waals surface area contributed by atoms with Gasteiger partial charge in [-0.3, -0.25) is 0 Å². The predicted octanol–water partition coefficient (Wildman–Crippen LogP) is 15.5. The molecule has 10 aromatic carbocycles. The maximum Gasteiger partial charge on any atom is 0.0713 e. The van der Waals surface area contributed by atoms with Crippen molar-refractivity contribution < 1.29 is 0 Å². The van der Waals surface area contributed by atoms with E-state index in [-0.39, 0.29) is 0 Å². The summed E-state index contributed by atoms with van der Waals surface area (Å²) < 4.78 is 3.63. The average molecular weight is 815 g/mol. The molecule has 0 fully saturated rings. The van der Waals surface area contributed by atoms with Gasteiger partial charge in [0.25, 0.3) is 0 Å². The van der Waals surface area contributed by atoms with E-state index < -0.39 is 5.41 Å². The van der Waals surface area contributed by atoms with Gasteiger partial charge in [-0.2, -0.15) is 0 Å². The van der Waals surface area contributed by atoms with Crippen LogP contribution in [0.15, 0.2) is 223 Å². The monoisotopic (exact) mass is 813 g/mol. The largest absolute Gasteiger partial charge is 0.309 e. The van der Waals surface area contributed by atoms with Crippen molar-refractivity contribution in [3.8, 4) is 39.1 Å². The first-order valence-electron chi connectivity index (χ1n) is 20.3.